The highest BCUT2D eigenvalue weighted by Gasteiger charge is 2.15. The van der Waals surface area contributed by atoms with Crippen molar-refractivity contribution in [3.05, 3.63) is 21.1 Å². The standard InChI is InChI=1S/C6H5Br2NO3S/c7-3-1-5(9)6(2-4(3)8)13(10,11)12/h1-2H,9H2,(H,10,11,12). The molecule has 72 valence electrons. The van der Waals surface area contributed by atoms with Crippen LogP contribution in [0.2, 0.25) is 0 Å². The van der Waals surface area contributed by atoms with Crippen LogP contribution < -0.4 is 5.73 Å². The van der Waals surface area contributed by atoms with Crippen LogP contribution in [0.1, 0.15) is 0 Å². The third-order valence-electron chi connectivity index (χ3n) is 1.33. The fourth-order valence-electron chi connectivity index (χ4n) is 0.767. The molecular weight excluding hydrogens is 326 g/mol. The Bertz CT molecular complexity index is 443. The summed E-state index contributed by atoms with van der Waals surface area (Å²) in [5.41, 5.74) is 5.38. The molecule has 7 heteroatoms. The number of nitrogen functional groups attached to an aromatic ring is 1. The molecule has 1 aromatic carbocycles. The van der Waals surface area contributed by atoms with Gasteiger partial charge < -0.3 is 5.73 Å². The molecule has 1 aromatic rings. The quantitative estimate of drug-likeness (QED) is 0.610. The van der Waals surface area contributed by atoms with Crippen LogP contribution in [0, 0.1) is 0 Å². The summed E-state index contributed by atoms with van der Waals surface area (Å²) < 4.78 is 31.4. The van der Waals surface area contributed by atoms with Crippen LogP contribution in [0.3, 0.4) is 0 Å². The Labute approximate surface area is 92.1 Å². The zero-order chi connectivity index (χ0) is 10.2. The van der Waals surface area contributed by atoms with E-state index >= 15 is 0 Å². The molecule has 0 aliphatic carbocycles. The normalized spacial score (nSPS) is 11.6. The van der Waals surface area contributed by atoms with Gasteiger partial charge in [-0.3, -0.25) is 4.55 Å². The third-order valence-corrected chi connectivity index (χ3v) is 4.08. The fraction of sp³-hybridized carbons (Fsp3) is 0. The van der Waals surface area contributed by atoms with Gasteiger partial charge in [0.1, 0.15) is 4.90 Å². The van der Waals surface area contributed by atoms with E-state index in [1.54, 1.807) is 0 Å². The number of anilines is 1. The molecular formula is C6H5Br2NO3S. The van der Waals surface area contributed by atoms with Crippen molar-refractivity contribution in [1.29, 1.82) is 0 Å². The second-order valence-electron chi connectivity index (χ2n) is 2.28. The van der Waals surface area contributed by atoms with Gasteiger partial charge in [0.25, 0.3) is 10.1 Å². The maximum Gasteiger partial charge on any atom is 0.296 e. The summed E-state index contributed by atoms with van der Waals surface area (Å²) in [6.45, 7) is 0. The zero-order valence-electron chi connectivity index (χ0n) is 6.16. The molecule has 0 atom stereocenters. The topological polar surface area (TPSA) is 80.4 Å². The highest BCUT2D eigenvalue weighted by molar-refractivity contribution is 9.13. The molecule has 0 saturated heterocycles. The van der Waals surface area contributed by atoms with Gasteiger partial charge in [0.05, 0.1) is 5.69 Å². The van der Waals surface area contributed by atoms with E-state index in [0.717, 1.165) is 0 Å². The number of nitrogens with two attached hydrogens (primary N) is 1. The maximum atomic E-state index is 10.8. The lowest BCUT2D eigenvalue weighted by molar-refractivity contribution is 0.483. The third kappa shape index (κ3) is 2.43. The first kappa shape index (κ1) is 11.0. The minimum atomic E-state index is -4.25. The summed E-state index contributed by atoms with van der Waals surface area (Å²) in [6, 6.07) is 2.63. The first-order chi connectivity index (χ1) is 5.82. The Morgan fingerprint density at radius 1 is 1.23 bits per heavy atom. The number of hydrogen-bond donors (Lipinski definition) is 2. The molecule has 13 heavy (non-hydrogen) atoms. The molecule has 0 unspecified atom stereocenters. The van der Waals surface area contributed by atoms with Gasteiger partial charge in [-0.2, -0.15) is 8.42 Å². The number of rotatable bonds is 1. The van der Waals surface area contributed by atoms with E-state index in [1.165, 1.54) is 12.1 Å². The molecule has 0 radical (unpaired) electrons. The first-order valence-corrected chi connectivity index (χ1v) is 6.07. The molecule has 3 N–H and O–H groups in total. The van der Waals surface area contributed by atoms with Gasteiger partial charge in [-0.15, -0.1) is 0 Å². The Balaban J connectivity index is 3.50. The molecule has 4 nitrogen and oxygen atoms in total. The lowest BCUT2D eigenvalue weighted by Gasteiger charge is -2.04. The van der Waals surface area contributed by atoms with E-state index in [4.69, 9.17) is 10.3 Å². The Morgan fingerprint density at radius 2 is 1.69 bits per heavy atom. The Morgan fingerprint density at radius 3 is 2.15 bits per heavy atom. The van der Waals surface area contributed by atoms with Crippen LogP contribution in [-0.2, 0) is 10.1 Å². The minimum absolute atomic E-state index is 0.00225. The van der Waals surface area contributed by atoms with Gasteiger partial charge in [-0.25, -0.2) is 0 Å². The minimum Gasteiger partial charge on any atom is -0.398 e. The van der Waals surface area contributed by atoms with E-state index in [0.29, 0.717) is 8.95 Å². The molecule has 0 saturated carbocycles. The molecule has 0 amide bonds. The second-order valence-corrected chi connectivity index (χ2v) is 5.38. The summed E-state index contributed by atoms with van der Waals surface area (Å²) in [4.78, 5) is -0.303. The molecule has 0 aliphatic heterocycles. The van der Waals surface area contributed by atoms with E-state index in [2.05, 4.69) is 31.9 Å². The Hall–Kier alpha value is -0.110. The molecule has 0 bridgehead atoms. The van der Waals surface area contributed by atoms with E-state index in [1.807, 2.05) is 0 Å². The van der Waals surface area contributed by atoms with Gasteiger partial charge in [-0.1, -0.05) is 0 Å². The Kier molecular flexibility index (Phi) is 3.01. The van der Waals surface area contributed by atoms with Crippen LogP contribution in [0.5, 0.6) is 0 Å². The van der Waals surface area contributed by atoms with Crippen LogP contribution >= 0.6 is 31.9 Å². The smallest absolute Gasteiger partial charge is 0.296 e. The summed E-state index contributed by atoms with van der Waals surface area (Å²) >= 11 is 6.24. The number of halogens is 2. The summed E-state index contributed by atoms with van der Waals surface area (Å²) in [7, 11) is -4.25. The van der Waals surface area contributed by atoms with E-state index in [-0.39, 0.29) is 10.6 Å². The van der Waals surface area contributed by atoms with Crippen molar-refractivity contribution in [2.24, 2.45) is 0 Å². The monoisotopic (exact) mass is 329 g/mol. The lowest BCUT2D eigenvalue weighted by Crippen LogP contribution is -2.03. The van der Waals surface area contributed by atoms with E-state index < -0.39 is 10.1 Å². The summed E-state index contributed by atoms with van der Waals surface area (Å²) in [6.07, 6.45) is 0. The predicted octanol–water partition coefficient (Wildman–Crippen LogP) is 2.04. The van der Waals surface area contributed by atoms with Gasteiger partial charge in [0.15, 0.2) is 0 Å². The van der Waals surface area contributed by atoms with Crippen molar-refractivity contribution >= 4 is 47.7 Å². The second kappa shape index (κ2) is 3.56. The first-order valence-electron chi connectivity index (χ1n) is 3.04. The average Bonchev–Trinajstić information content (AvgIpc) is 1.94. The van der Waals surface area contributed by atoms with Crippen LogP contribution in [0.25, 0.3) is 0 Å². The average molecular weight is 331 g/mol. The molecule has 0 aromatic heterocycles. The van der Waals surface area contributed by atoms with Crippen LogP contribution in [0.4, 0.5) is 5.69 Å². The lowest BCUT2D eigenvalue weighted by atomic mass is 10.3. The van der Waals surface area contributed by atoms with Crippen molar-refractivity contribution in [2.75, 3.05) is 5.73 Å². The predicted molar refractivity (Wildman–Crippen MR) is 56.1 cm³/mol. The van der Waals surface area contributed by atoms with E-state index in [9.17, 15) is 8.42 Å². The fourth-order valence-corrected chi connectivity index (χ4v) is 2.25. The summed E-state index contributed by atoms with van der Waals surface area (Å²) in [5.74, 6) is 0. The molecule has 0 aliphatic rings. The highest BCUT2D eigenvalue weighted by Crippen LogP contribution is 2.30. The maximum absolute atomic E-state index is 10.8. The van der Waals surface area contributed by atoms with Crippen molar-refractivity contribution in [2.45, 2.75) is 4.90 Å². The van der Waals surface area contributed by atoms with Crippen molar-refractivity contribution in [1.82, 2.24) is 0 Å². The number of hydrogen-bond acceptors (Lipinski definition) is 3. The van der Waals surface area contributed by atoms with Gasteiger partial charge in [0, 0.05) is 8.95 Å². The van der Waals surface area contributed by atoms with Crippen molar-refractivity contribution in [3.63, 3.8) is 0 Å². The molecule has 0 spiro atoms. The molecule has 0 heterocycles. The van der Waals surface area contributed by atoms with Gasteiger partial charge in [0.2, 0.25) is 0 Å². The SMILES string of the molecule is Nc1cc(Br)c(Br)cc1S(=O)(=O)O. The molecule has 0 fully saturated rings. The highest BCUT2D eigenvalue weighted by atomic mass is 79.9. The van der Waals surface area contributed by atoms with Gasteiger partial charge >= 0.3 is 0 Å². The number of benzene rings is 1. The molecule has 1 rings (SSSR count). The summed E-state index contributed by atoms with van der Waals surface area (Å²) in [5, 5.41) is 0. The van der Waals surface area contributed by atoms with Crippen molar-refractivity contribution in [3.8, 4) is 0 Å². The zero-order valence-corrected chi connectivity index (χ0v) is 10.1. The van der Waals surface area contributed by atoms with Crippen molar-refractivity contribution < 1.29 is 13.0 Å². The largest absolute Gasteiger partial charge is 0.398 e. The van der Waals surface area contributed by atoms with Gasteiger partial charge in [-0.05, 0) is 44.0 Å². The van der Waals surface area contributed by atoms with Crippen LogP contribution in [0.15, 0.2) is 26.0 Å². The van der Waals surface area contributed by atoms with Crippen LogP contribution in [-0.4, -0.2) is 13.0 Å².